The summed E-state index contributed by atoms with van der Waals surface area (Å²) in [6.07, 6.45) is 2.39. The molecule has 0 aliphatic carbocycles. The van der Waals surface area contributed by atoms with Crippen LogP contribution in [-0.2, 0) is 12.3 Å². The minimum Gasteiger partial charge on any atom is -0.316 e. The molecule has 0 radical (unpaired) electrons. The van der Waals surface area contributed by atoms with Crippen LogP contribution in [0.4, 0.5) is 8.78 Å². The summed E-state index contributed by atoms with van der Waals surface area (Å²) in [7, 11) is 0. The molecule has 0 spiro atoms. The fraction of sp³-hybridized carbons (Fsp3) is 0.625. The van der Waals surface area contributed by atoms with Crippen molar-refractivity contribution >= 4 is 0 Å². The summed E-state index contributed by atoms with van der Waals surface area (Å²) in [5, 5.41) is 3.07. The molecule has 1 aliphatic heterocycles. The molecule has 19 heavy (non-hydrogen) atoms. The second kappa shape index (κ2) is 6.00. The van der Waals surface area contributed by atoms with Crippen LogP contribution in [0, 0.1) is 11.8 Å². The first kappa shape index (κ1) is 14.4. The van der Waals surface area contributed by atoms with Crippen LogP contribution in [0.3, 0.4) is 0 Å². The second-order valence-electron chi connectivity index (χ2n) is 5.96. The summed E-state index contributed by atoms with van der Waals surface area (Å²) < 4.78 is 28.8. The van der Waals surface area contributed by atoms with Crippen LogP contribution < -0.4 is 5.32 Å². The van der Waals surface area contributed by atoms with Crippen molar-refractivity contribution in [2.75, 3.05) is 13.1 Å². The van der Waals surface area contributed by atoms with E-state index in [1.54, 1.807) is 12.1 Å². The maximum Gasteiger partial charge on any atom is 0.277 e. The van der Waals surface area contributed by atoms with Gasteiger partial charge in [-0.2, -0.15) is 0 Å². The van der Waals surface area contributed by atoms with E-state index in [4.69, 9.17) is 0 Å². The molecule has 2 rings (SSSR count). The van der Waals surface area contributed by atoms with E-state index < -0.39 is 11.8 Å². The van der Waals surface area contributed by atoms with E-state index in [1.807, 2.05) is 12.1 Å². The summed E-state index contributed by atoms with van der Waals surface area (Å²) in [6, 6.07) is 6.90. The summed E-state index contributed by atoms with van der Waals surface area (Å²) in [4.78, 5) is 0. The number of piperidine rings is 1. The van der Waals surface area contributed by atoms with Crippen molar-refractivity contribution in [1.82, 2.24) is 5.32 Å². The highest BCUT2D eigenvalue weighted by Gasteiger charge is 2.41. The van der Waals surface area contributed by atoms with Crippen molar-refractivity contribution in [1.29, 1.82) is 0 Å². The Hall–Kier alpha value is -0.960. The van der Waals surface area contributed by atoms with Crippen molar-refractivity contribution in [3.05, 3.63) is 35.4 Å². The molecule has 0 aromatic heterocycles. The molecular weight excluding hydrogens is 244 g/mol. The molecular formula is C16H23F2N. The molecule has 1 aromatic rings. The molecule has 1 aromatic carbocycles. The molecule has 106 valence electrons. The molecule has 1 N–H and O–H groups in total. The molecule has 0 amide bonds. The van der Waals surface area contributed by atoms with Gasteiger partial charge in [-0.3, -0.25) is 0 Å². The van der Waals surface area contributed by atoms with E-state index >= 15 is 0 Å². The average Bonchev–Trinajstić information content (AvgIpc) is 2.40. The van der Waals surface area contributed by atoms with Gasteiger partial charge >= 0.3 is 0 Å². The number of rotatable bonds is 4. The lowest BCUT2D eigenvalue weighted by atomic mass is 9.88. The average molecular weight is 267 g/mol. The Kier molecular flexibility index (Phi) is 4.56. The van der Waals surface area contributed by atoms with E-state index in [1.165, 1.54) is 0 Å². The number of alkyl halides is 2. The minimum atomic E-state index is -2.72. The Balaban J connectivity index is 2.11. The van der Waals surface area contributed by atoms with Gasteiger partial charge in [0.05, 0.1) is 0 Å². The van der Waals surface area contributed by atoms with Crippen molar-refractivity contribution in [2.45, 2.75) is 39.0 Å². The van der Waals surface area contributed by atoms with Gasteiger partial charge in [0.1, 0.15) is 0 Å². The van der Waals surface area contributed by atoms with Gasteiger partial charge in [-0.05, 0) is 37.3 Å². The van der Waals surface area contributed by atoms with Gasteiger partial charge in [0.15, 0.2) is 0 Å². The fourth-order valence-electron chi connectivity index (χ4n) is 2.73. The summed E-state index contributed by atoms with van der Waals surface area (Å²) in [5.74, 6) is -2.74. The van der Waals surface area contributed by atoms with Gasteiger partial charge in [-0.15, -0.1) is 0 Å². The number of halogens is 2. The van der Waals surface area contributed by atoms with E-state index in [-0.39, 0.29) is 5.56 Å². The van der Waals surface area contributed by atoms with Crippen molar-refractivity contribution < 1.29 is 8.78 Å². The molecule has 3 heteroatoms. The smallest absolute Gasteiger partial charge is 0.277 e. The Bertz CT molecular complexity index is 392. The van der Waals surface area contributed by atoms with Crippen LogP contribution in [0.5, 0.6) is 0 Å². The third-order valence-corrected chi connectivity index (χ3v) is 3.79. The first-order chi connectivity index (χ1) is 9.00. The monoisotopic (exact) mass is 267 g/mol. The fourth-order valence-corrected chi connectivity index (χ4v) is 2.73. The van der Waals surface area contributed by atoms with Gasteiger partial charge in [0, 0.05) is 18.0 Å². The molecule has 0 saturated carbocycles. The largest absolute Gasteiger partial charge is 0.316 e. The maximum absolute atomic E-state index is 14.4. The third kappa shape index (κ3) is 3.53. The molecule has 0 bridgehead atoms. The predicted octanol–water partition coefficient (Wildman–Crippen LogP) is 3.98. The van der Waals surface area contributed by atoms with Gasteiger partial charge in [-0.1, -0.05) is 38.1 Å². The van der Waals surface area contributed by atoms with Crippen molar-refractivity contribution in [3.8, 4) is 0 Å². The normalized spacial score (nSPS) is 20.8. The number of hydrogen-bond donors (Lipinski definition) is 1. The molecule has 1 fully saturated rings. The minimum absolute atomic E-state index is 0.161. The Morgan fingerprint density at radius 2 is 1.95 bits per heavy atom. The Morgan fingerprint density at radius 1 is 1.26 bits per heavy atom. The summed E-state index contributed by atoms with van der Waals surface area (Å²) in [6.45, 7) is 5.55. The van der Waals surface area contributed by atoms with E-state index in [0.717, 1.165) is 24.9 Å². The third-order valence-electron chi connectivity index (χ3n) is 3.79. The highest BCUT2D eigenvalue weighted by molar-refractivity contribution is 5.27. The molecule has 1 aliphatic rings. The first-order valence-electron chi connectivity index (χ1n) is 7.18. The zero-order chi connectivity index (χ0) is 13.9. The quantitative estimate of drug-likeness (QED) is 0.870. The standard InChI is InChI=1S/C16H23F2N/c1-12(2)10-13-5-7-14(8-6-13)16(17,18)15-4-3-9-19-11-15/h5-8,12,15,19H,3-4,9-11H2,1-2H3. The first-order valence-corrected chi connectivity index (χ1v) is 7.18. The van der Waals surface area contributed by atoms with Crippen LogP contribution >= 0.6 is 0 Å². The predicted molar refractivity (Wildman–Crippen MR) is 74.5 cm³/mol. The van der Waals surface area contributed by atoms with Gasteiger partial charge in [0.25, 0.3) is 5.92 Å². The van der Waals surface area contributed by atoms with Crippen LogP contribution in [0.15, 0.2) is 24.3 Å². The lowest BCUT2D eigenvalue weighted by Crippen LogP contribution is -2.39. The van der Waals surface area contributed by atoms with Crippen LogP contribution in [0.25, 0.3) is 0 Å². The van der Waals surface area contributed by atoms with Crippen LogP contribution in [-0.4, -0.2) is 13.1 Å². The van der Waals surface area contributed by atoms with E-state index in [0.29, 0.717) is 18.9 Å². The van der Waals surface area contributed by atoms with Gasteiger partial charge < -0.3 is 5.32 Å². The highest BCUT2D eigenvalue weighted by Crippen LogP contribution is 2.39. The zero-order valence-corrected chi connectivity index (χ0v) is 11.8. The number of nitrogens with one attached hydrogen (secondary N) is 1. The van der Waals surface area contributed by atoms with Crippen LogP contribution in [0.2, 0.25) is 0 Å². The topological polar surface area (TPSA) is 12.0 Å². The van der Waals surface area contributed by atoms with Gasteiger partial charge in [-0.25, -0.2) is 8.78 Å². The number of hydrogen-bond acceptors (Lipinski definition) is 1. The van der Waals surface area contributed by atoms with E-state index in [9.17, 15) is 8.78 Å². The Morgan fingerprint density at radius 3 is 2.47 bits per heavy atom. The molecule has 1 atom stereocenters. The molecule has 1 nitrogen and oxygen atoms in total. The van der Waals surface area contributed by atoms with Crippen molar-refractivity contribution in [2.24, 2.45) is 11.8 Å². The summed E-state index contributed by atoms with van der Waals surface area (Å²) in [5.41, 5.74) is 1.30. The molecule has 1 unspecified atom stereocenters. The zero-order valence-electron chi connectivity index (χ0n) is 11.8. The molecule has 1 heterocycles. The second-order valence-corrected chi connectivity index (χ2v) is 5.96. The highest BCUT2D eigenvalue weighted by atomic mass is 19.3. The SMILES string of the molecule is CC(C)Cc1ccc(C(F)(F)C2CCCNC2)cc1. The maximum atomic E-state index is 14.4. The van der Waals surface area contributed by atoms with Crippen LogP contribution in [0.1, 0.15) is 37.8 Å². The lowest BCUT2D eigenvalue weighted by Gasteiger charge is -2.30. The summed E-state index contributed by atoms with van der Waals surface area (Å²) >= 11 is 0. The van der Waals surface area contributed by atoms with Gasteiger partial charge in [0.2, 0.25) is 0 Å². The molecule has 1 saturated heterocycles. The van der Waals surface area contributed by atoms with Crippen molar-refractivity contribution in [3.63, 3.8) is 0 Å². The van der Waals surface area contributed by atoms with E-state index in [2.05, 4.69) is 19.2 Å². The Labute approximate surface area is 114 Å². The number of benzene rings is 1. The lowest BCUT2D eigenvalue weighted by molar-refractivity contribution is -0.0724.